The van der Waals surface area contributed by atoms with E-state index in [0.717, 1.165) is 0 Å². The first-order valence-electron chi connectivity index (χ1n) is 6.63. The van der Waals surface area contributed by atoms with Crippen molar-refractivity contribution in [1.29, 1.82) is 0 Å². The van der Waals surface area contributed by atoms with Gasteiger partial charge in [-0.15, -0.1) is 22.7 Å². The first kappa shape index (κ1) is 11.0. The minimum atomic E-state index is 0.716. The van der Waals surface area contributed by atoms with Gasteiger partial charge in [-0.1, -0.05) is 13.8 Å². The fraction of sp³-hybridized carbons (Fsp3) is 0.375. The smallest absolute Gasteiger partial charge is 0.0340 e. The van der Waals surface area contributed by atoms with Crippen LogP contribution in [0.15, 0.2) is 22.9 Å². The summed E-state index contributed by atoms with van der Waals surface area (Å²) in [5.74, 6) is 1.43. The number of allylic oxidation sites excluding steroid dienone is 2. The van der Waals surface area contributed by atoms with Gasteiger partial charge in [0.1, 0.15) is 0 Å². The average molecular weight is 272 g/mol. The standard InChI is InChI=1S/C16H16S2/c1-9-7-13(15-11(9)3-5-17-15)14-8-10(2)12-4-6-18-16(12)14/h3-6,9-10H,7-8H2,1-2H3/b14-13-. The largest absolute Gasteiger partial charge is 0.144 e. The molecule has 0 bridgehead atoms. The van der Waals surface area contributed by atoms with Gasteiger partial charge in [0.05, 0.1) is 0 Å². The maximum Gasteiger partial charge on any atom is 0.0340 e. The van der Waals surface area contributed by atoms with Crippen molar-refractivity contribution >= 4 is 33.8 Å². The van der Waals surface area contributed by atoms with Crippen molar-refractivity contribution < 1.29 is 0 Å². The summed E-state index contributed by atoms with van der Waals surface area (Å²) in [5.41, 5.74) is 6.47. The van der Waals surface area contributed by atoms with Gasteiger partial charge in [-0.2, -0.15) is 0 Å². The van der Waals surface area contributed by atoms with E-state index in [4.69, 9.17) is 0 Å². The van der Waals surface area contributed by atoms with E-state index >= 15 is 0 Å². The van der Waals surface area contributed by atoms with Gasteiger partial charge in [-0.3, -0.25) is 0 Å². The molecule has 2 heteroatoms. The molecule has 2 atom stereocenters. The van der Waals surface area contributed by atoms with E-state index in [1.807, 2.05) is 22.7 Å². The van der Waals surface area contributed by atoms with Gasteiger partial charge in [0, 0.05) is 9.75 Å². The van der Waals surface area contributed by atoms with Gasteiger partial charge < -0.3 is 0 Å². The van der Waals surface area contributed by atoms with E-state index in [2.05, 4.69) is 36.7 Å². The maximum absolute atomic E-state index is 2.37. The van der Waals surface area contributed by atoms with Crippen LogP contribution in [0.5, 0.6) is 0 Å². The van der Waals surface area contributed by atoms with Crippen molar-refractivity contribution in [2.45, 2.75) is 38.5 Å². The van der Waals surface area contributed by atoms with Crippen molar-refractivity contribution in [2.24, 2.45) is 0 Å². The van der Waals surface area contributed by atoms with Crippen LogP contribution in [-0.2, 0) is 0 Å². The molecule has 18 heavy (non-hydrogen) atoms. The summed E-state index contributed by atoms with van der Waals surface area (Å²) in [6.07, 6.45) is 2.50. The monoisotopic (exact) mass is 272 g/mol. The lowest BCUT2D eigenvalue weighted by Gasteiger charge is -2.06. The van der Waals surface area contributed by atoms with Crippen LogP contribution in [0.1, 0.15) is 59.4 Å². The Labute approximate surface area is 116 Å². The highest BCUT2D eigenvalue weighted by atomic mass is 32.1. The normalized spacial score (nSPS) is 29.7. The molecular formula is C16H16S2. The summed E-state index contributed by atoms with van der Waals surface area (Å²) < 4.78 is 0. The van der Waals surface area contributed by atoms with Crippen LogP contribution in [0.4, 0.5) is 0 Å². The summed E-state index contributed by atoms with van der Waals surface area (Å²) in [6, 6.07) is 4.65. The summed E-state index contributed by atoms with van der Waals surface area (Å²) in [7, 11) is 0. The van der Waals surface area contributed by atoms with E-state index in [1.165, 1.54) is 12.8 Å². The molecule has 2 aliphatic carbocycles. The summed E-state index contributed by atoms with van der Waals surface area (Å²) in [5, 5.41) is 4.52. The molecule has 4 rings (SSSR count). The molecule has 0 radical (unpaired) electrons. The fourth-order valence-electron chi connectivity index (χ4n) is 3.44. The molecule has 2 heterocycles. The predicted molar refractivity (Wildman–Crippen MR) is 81.5 cm³/mol. The molecule has 0 spiro atoms. The van der Waals surface area contributed by atoms with Crippen molar-refractivity contribution in [3.63, 3.8) is 0 Å². The number of fused-ring (bicyclic) bond motifs is 2. The van der Waals surface area contributed by atoms with Crippen LogP contribution < -0.4 is 0 Å². The molecule has 0 saturated carbocycles. The minimum Gasteiger partial charge on any atom is -0.144 e. The Bertz CT molecular complexity index is 585. The molecule has 0 N–H and O–H groups in total. The molecular weight excluding hydrogens is 256 g/mol. The molecule has 0 saturated heterocycles. The second-order valence-electron chi connectivity index (χ2n) is 5.58. The van der Waals surface area contributed by atoms with E-state index in [-0.39, 0.29) is 0 Å². The third-order valence-corrected chi connectivity index (χ3v) is 6.37. The zero-order valence-electron chi connectivity index (χ0n) is 10.7. The van der Waals surface area contributed by atoms with Crippen LogP contribution in [-0.4, -0.2) is 0 Å². The van der Waals surface area contributed by atoms with Gasteiger partial charge in [0.25, 0.3) is 0 Å². The molecule has 0 fully saturated rings. The van der Waals surface area contributed by atoms with Gasteiger partial charge in [-0.05, 0) is 69.8 Å². The SMILES string of the molecule is CC1C/C(=C2\CC(C)c3ccsc32)c2sccc21. The first-order chi connectivity index (χ1) is 8.75. The van der Waals surface area contributed by atoms with Gasteiger partial charge in [0.2, 0.25) is 0 Å². The topological polar surface area (TPSA) is 0 Å². The van der Waals surface area contributed by atoms with Gasteiger partial charge in [-0.25, -0.2) is 0 Å². The third kappa shape index (κ3) is 1.36. The summed E-state index contributed by atoms with van der Waals surface area (Å²) >= 11 is 3.87. The average Bonchev–Trinajstić information content (AvgIpc) is 3.06. The molecule has 2 aliphatic rings. The lowest BCUT2D eigenvalue weighted by atomic mass is 10.0. The van der Waals surface area contributed by atoms with Crippen LogP contribution in [0, 0.1) is 0 Å². The lowest BCUT2D eigenvalue weighted by Crippen LogP contribution is -1.84. The molecule has 0 aromatic carbocycles. The lowest BCUT2D eigenvalue weighted by molar-refractivity contribution is 0.817. The third-order valence-electron chi connectivity index (χ3n) is 4.39. The molecule has 0 aliphatic heterocycles. The maximum atomic E-state index is 2.37. The summed E-state index contributed by atoms with van der Waals surface area (Å²) in [6.45, 7) is 4.74. The Morgan fingerprint density at radius 1 is 0.833 bits per heavy atom. The molecule has 2 aromatic heterocycles. The van der Waals surface area contributed by atoms with Crippen LogP contribution >= 0.6 is 22.7 Å². The molecule has 2 unspecified atom stereocenters. The first-order valence-corrected chi connectivity index (χ1v) is 8.39. The van der Waals surface area contributed by atoms with Crippen molar-refractivity contribution in [2.75, 3.05) is 0 Å². The zero-order valence-corrected chi connectivity index (χ0v) is 12.3. The Kier molecular flexibility index (Phi) is 2.33. The fourth-order valence-corrected chi connectivity index (χ4v) is 5.65. The Morgan fingerprint density at radius 2 is 1.28 bits per heavy atom. The molecule has 0 amide bonds. The minimum absolute atomic E-state index is 0.716. The van der Waals surface area contributed by atoms with Crippen LogP contribution in [0.3, 0.4) is 0 Å². The van der Waals surface area contributed by atoms with E-state index in [0.29, 0.717) is 11.8 Å². The molecule has 0 nitrogen and oxygen atoms in total. The van der Waals surface area contributed by atoms with Gasteiger partial charge in [0.15, 0.2) is 0 Å². The second-order valence-corrected chi connectivity index (χ2v) is 7.41. The van der Waals surface area contributed by atoms with E-state index < -0.39 is 0 Å². The Balaban J connectivity index is 1.93. The van der Waals surface area contributed by atoms with Crippen molar-refractivity contribution in [3.05, 3.63) is 43.8 Å². The van der Waals surface area contributed by atoms with E-state index in [9.17, 15) is 0 Å². The van der Waals surface area contributed by atoms with Crippen LogP contribution in [0.2, 0.25) is 0 Å². The highest BCUT2D eigenvalue weighted by molar-refractivity contribution is 7.12. The highest BCUT2D eigenvalue weighted by Gasteiger charge is 2.32. The molecule has 92 valence electrons. The Hall–Kier alpha value is -0.860. The summed E-state index contributed by atoms with van der Waals surface area (Å²) in [4.78, 5) is 3.15. The van der Waals surface area contributed by atoms with Crippen molar-refractivity contribution in [3.8, 4) is 0 Å². The highest BCUT2D eigenvalue weighted by Crippen LogP contribution is 2.53. The number of thiophene rings is 2. The van der Waals surface area contributed by atoms with Crippen molar-refractivity contribution in [1.82, 2.24) is 0 Å². The van der Waals surface area contributed by atoms with E-state index in [1.54, 1.807) is 32.0 Å². The zero-order chi connectivity index (χ0) is 12.3. The quantitative estimate of drug-likeness (QED) is 0.574. The number of hydrogen-bond acceptors (Lipinski definition) is 2. The number of rotatable bonds is 0. The second kappa shape index (κ2) is 3.82. The van der Waals surface area contributed by atoms with Crippen LogP contribution in [0.25, 0.3) is 11.1 Å². The molecule has 2 aromatic rings. The number of hydrogen-bond donors (Lipinski definition) is 0. The Morgan fingerprint density at radius 3 is 1.72 bits per heavy atom. The van der Waals surface area contributed by atoms with Gasteiger partial charge >= 0.3 is 0 Å². The predicted octanol–water partition coefficient (Wildman–Crippen LogP) is 5.73.